The predicted molar refractivity (Wildman–Crippen MR) is 116 cm³/mol. The van der Waals surface area contributed by atoms with Crippen LogP contribution in [-0.4, -0.2) is 52.6 Å². The van der Waals surface area contributed by atoms with Gasteiger partial charge in [-0.25, -0.2) is 9.37 Å². The summed E-state index contributed by atoms with van der Waals surface area (Å²) in [4.78, 5) is 25.4. The maximum Gasteiger partial charge on any atom is 0.225 e. The summed E-state index contributed by atoms with van der Waals surface area (Å²) in [5, 5.41) is 2.22. The first kappa shape index (κ1) is 19.9. The molecule has 2 fully saturated rings. The zero-order valence-corrected chi connectivity index (χ0v) is 17.3. The van der Waals surface area contributed by atoms with Crippen LogP contribution in [0.2, 0.25) is 0 Å². The lowest BCUT2D eigenvalue weighted by Gasteiger charge is -2.41. The maximum atomic E-state index is 13.2. The van der Waals surface area contributed by atoms with Crippen molar-refractivity contribution in [3.05, 3.63) is 66.4 Å². The highest BCUT2D eigenvalue weighted by Crippen LogP contribution is 2.34. The molecule has 160 valence electrons. The number of pyridine rings is 2. The molecule has 0 radical (unpaired) electrons. The highest BCUT2D eigenvalue weighted by Gasteiger charge is 2.41. The monoisotopic (exact) mass is 420 g/mol. The van der Waals surface area contributed by atoms with Crippen LogP contribution >= 0.6 is 0 Å². The number of ether oxygens (including phenoxy) is 1. The molecular formula is C24H25FN4O2. The minimum Gasteiger partial charge on any atom is -0.376 e. The normalized spacial score (nSPS) is 20.4. The number of aromatic nitrogens is 2. The summed E-state index contributed by atoms with van der Waals surface area (Å²) < 4.78 is 19.1. The van der Waals surface area contributed by atoms with Gasteiger partial charge < -0.3 is 14.5 Å². The number of hydrogen-bond donors (Lipinski definition) is 0. The number of likely N-dealkylation sites (tertiary alicyclic amines) is 1. The van der Waals surface area contributed by atoms with E-state index in [0.29, 0.717) is 32.7 Å². The molecule has 2 aliphatic rings. The quantitative estimate of drug-likeness (QED) is 0.571. The molecule has 1 amide bonds. The Labute approximate surface area is 180 Å². The Bertz CT molecular complexity index is 1060. The van der Waals surface area contributed by atoms with Crippen LogP contribution < -0.4 is 4.90 Å². The maximum absolute atomic E-state index is 13.2. The van der Waals surface area contributed by atoms with Crippen LogP contribution in [0.4, 0.5) is 10.2 Å². The third-order valence-corrected chi connectivity index (χ3v) is 6.30. The van der Waals surface area contributed by atoms with Gasteiger partial charge in [-0.15, -0.1) is 0 Å². The number of carbonyl (C=O) groups excluding carboxylic acids is 1. The van der Waals surface area contributed by atoms with Crippen molar-refractivity contribution >= 4 is 22.5 Å². The predicted octanol–water partition coefficient (Wildman–Crippen LogP) is 3.56. The van der Waals surface area contributed by atoms with E-state index in [1.807, 2.05) is 35.4 Å². The topological polar surface area (TPSA) is 58.6 Å². The van der Waals surface area contributed by atoms with Crippen LogP contribution in [0.3, 0.4) is 0 Å². The van der Waals surface area contributed by atoms with E-state index in [0.717, 1.165) is 35.0 Å². The molecular weight excluding hydrogens is 395 g/mol. The van der Waals surface area contributed by atoms with Gasteiger partial charge in [0, 0.05) is 43.0 Å². The molecule has 0 aliphatic carbocycles. The number of carbonyl (C=O) groups is 1. The first-order valence-electron chi connectivity index (χ1n) is 10.8. The van der Waals surface area contributed by atoms with Crippen LogP contribution in [0.5, 0.6) is 0 Å². The zero-order valence-electron chi connectivity index (χ0n) is 17.3. The minimum atomic E-state index is -0.329. The molecule has 2 atom stereocenters. The fourth-order valence-electron chi connectivity index (χ4n) is 4.82. The van der Waals surface area contributed by atoms with E-state index in [4.69, 9.17) is 4.74 Å². The SMILES string of the molecule is O=C(CCOCc1cccc2cnccc12)N1CC2CCC(C1)N2c1ccc(F)cn1. The molecule has 5 rings (SSSR count). The fraction of sp³-hybridized carbons (Fsp3) is 0.375. The Morgan fingerprint density at radius 1 is 1.10 bits per heavy atom. The Balaban J connectivity index is 1.14. The van der Waals surface area contributed by atoms with Gasteiger partial charge >= 0.3 is 0 Å². The second kappa shape index (κ2) is 8.59. The first-order valence-corrected chi connectivity index (χ1v) is 10.8. The van der Waals surface area contributed by atoms with E-state index in [2.05, 4.69) is 14.9 Å². The van der Waals surface area contributed by atoms with Gasteiger partial charge in [0.2, 0.25) is 5.91 Å². The van der Waals surface area contributed by atoms with Gasteiger partial charge in [-0.3, -0.25) is 9.78 Å². The molecule has 6 nitrogen and oxygen atoms in total. The van der Waals surface area contributed by atoms with E-state index in [-0.39, 0.29) is 23.8 Å². The summed E-state index contributed by atoms with van der Waals surface area (Å²) >= 11 is 0. The second-order valence-electron chi connectivity index (χ2n) is 8.24. The largest absolute Gasteiger partial charge is 0.376 e. The lowest BCUT2D eigenvalue weighted by atomic mass is 10.1. The van der Waals surface area contributed by atoms with Gasteiger partial charge in [0.05, 0.1) is 25.8 Å². The van der Waals surface area contributed by atoms with E-state index >= 15 is 0 Å². The van der Waals surface area contributed by atoms with Crippen LogP contribution in [0, 0.1) is 5.82 Å². The summed E-state index contributed by atoms with van der Waals surface area (Å²) in [6.07, 6.45) is 7.32. The Morgan fingerprint density at radius 2 is 1.94 bits per heavy atom. The van der Waals surface area contributed by atoms with Gasteiger partial charge in [-0.05, 0) is 42.0 Å². The third kappa shape index (κ3) is 4.10. The van der Waals surface area contributed by atoms with Gasteiger partial charge in [-0.1, -0.05) is 18.2 Å². The number of nitrogens with zero attached hydrogens (tertiary/aromatic N) is 4. The van der Waals surface area contributed by atoms with E-state index in [9.17, 15) is 9.18 Å². The van der Waals surface area contributed by atoms with Gasteiger partial charge in [0.25, 0.3) is 0 Å². The number of hydrogen-bond acceptors (Lipinski definition) is 5. The molecule has 7 heteroatoms. The lowest BCUT2D eigenvalue weighted by Crippen LogP contribution is -2.55. The molecule has 2 saturated heterocycles. The van der Waals surface area contributed by atoms with Gasteiger partial charge in [-0.2, -0.15) is 0 Å². The van der Waals surface area contributed by atoms with Crippen molar-refractivity contribution in [3.63, 3.8) is 0 Å². The van der Waals surface area contributed by atoms with E-state index in [1.165, 1.54) is 12.3 Å². The molecule has 4 heterocycles. The van der Waals surface area contributed by atoms with Crippen molar-refractivity contribution < 1.29 is 13.9 Å². The number of anilines is 1. The van der Waals surface area contributed by atoms with Crippen molar-refractivity contribution in [1.29, 1.82) is 0 Å². The molecule has 3 aromatic rings. The molecule has 0 N–H and O–H groups in total. The molecule has 2 aliphatic heterocycles. The molecule has 1 aromatic carbocycles. The van der Waals surface area contributed by atoms with E-state index < -0.39 is 0 Å². The standard InChI is InChI=1S/C24H25FN4O2/c25-19-4-7-23(27-13-19)29-20-5-6-21(29)15-28(14-20)24(30)9-11-31-16-18-3-1-2-17-12-26-10-8-22(17)18/h1-4,7-8,10,12-13,20-21H,5-6,9,11,14-16H2. The summed E-state index contributed by atoms with van der Waals surface area (Å²) in [6.45, 7) is 2.24. The Morgan fingerprint density at radius 3 is 2.71 bits per heavy atom. The third-order valence-electron chi connectivity index (χ3n) is 6.30. The Hall–Kier alpha value is -3.06. The Kier molecular flexibility index (Phi) is 5.51. The smallest absolute Gasteiger partial charge is 0.225 e. The summed E-state index contributed by atoms with van der Waals surface area (Å²) in [5.41, 5.74) is 1.10. The second-order valence-corrected chi connectivity index (χ2v) is 8.24. The van der Waals surface area contributed by atoms with Crippen LogP contribution in [0.15, 0.2) is 55.0 Å². The molecule has 2 aromatic heterocycles. The van der Waals surface area contributed by atoms with Crippen molar-refractivity contribution in [3.8, 4) is 0 Å². The molecule has 2 bridgehead atoms. The summed E-state index contributed by atoms with van der Waals surface area (Å²) in [7, 11) is 0. The van der Waals surface area contributed by atoms with Crippen molar-refractivity contribution in [2.24, 2.45) is 0 Å². The molecule has 2 unspecified atom stereocenters. The number of benzene rings is 1. The average Bonchev–Trinajstić information content (AvgIpc) is 3.06. The van der Waals surface area contributed by atoms with Crippen molar-refractivity contribution in [2.75, 3.05) is 24.6 Å². The fourth-order valence-corrected chi connectivity index (χ4v) is 4.82. The van der Waals surface area contributed by atoms with E-state index in [1.54, 1.807) is 12.3 Å². The van der Waals surface area contributed by atoms with Crippen molar-refractivity contribution in [1.82, 2.24) is 14.9 Å². The number of halogens is 1. The summed E-state index contributed by atoms with van der Waals surface area (Å²) in [5.74, 6) is 0.602. The number of fused-ring (bicyclic) bond motifs is 3. The summed E-state index contributed by atoms with van der Waals surface area (Å²) in [6, 6.07) is 11.7. The van der Waals surface area contributed by atoms with Crippen LogP contribution in [0.25, 0.3) is 10.8 Å². The van der Waals surface area contributed by atoms with Crippen LogP contribution in [-0.2, 0) is 16.1 Å². The molecule has 31 heavy (non-hydrogen) atoms. The highest BCUT2D eigenvalue weighted by molar-refractivity contribution is 5.84. The van der Waals surface area contributed by atoms with Crippen molar-refractivity contribution in [2.45, 2.75) is 38.0 Å². The highest BCUT2D eigenvalue weighted by atomic mass is 19.1. The number of piperazine rings is 1. The lowest BCUT2D eigenvalue weighted by molar-refractivity contribution is -0.133. The minimum absolute atomic E-state index is 0.130. The van der Waals surface area contributed by atoms with Gasteiger partial charge in [0.1, 0.15) is 11.6 Å². The number of rotatable bonds is 6. The van der Waals surface area contributed by atoms with Gasteiger partial charge in [0.15, 0.2) is 0 Å². The number of amides is 1. The first-order chi connectivity index (χ1) is 15.2. The zero-order chi connectivity index (χ0) is 21.2. The van der Waals surface area contributed by atoms with Crippen LogP contribution in [0.1, 0.15) is 24.8 Å². The molecule has 0 saturated carbocycles. The average molecular weight is 420 g/mol. The molecule has 0 spiro atoms.